The van der Waals surface area contributed by atoms with Gasteiger partial charge in [-0.25, -0.2) is 0 Å². The van der Waals surface area contributed by atoms with Crippen LogP contribution in [0, 0.1) is 0 Å². The second-order valence-corrected chi connectivity index (χ2v) is 5.03. The first-order valence-corrected chi connectivity index (χ1v) is 8.74. The molecule has 0 aliphatic carbocycles. The van der Waals surface area contributed by atoms with Crippen molar-refractivity contribution in [1.82, 2.24) is 0 Å². The van der Waals surface area contributed by atoms with Crippen molar-refractivity contribution in [3.05, 3.63) is 0 Å². The molecule has 0 rings (SSSR count). The summed E-state index contributed by atoms with van der Waals surface area (Å²) in [4.78, 5) is 17.0. The van der Waals surface area contributed by atoms with Crippen molar-refractivity contribution >= 4 is 8.60 Å². The van der Waals surface area contributed by atoms with Crippen LogP contribution < -0.4 is 0 Å². The fraction of sp³-hybridized carbons (Fsp3) is 1.00. The largest absolute Gasteiger partial charge is 0.328 e. The second-order valence-electron chi connectivity index (χ2n) is 4.27. The van der Waals surface area contributed by atoms with Crippen molar-refractivity contribution in [2.24, 2.45) is 0 Å². The topological polar surface area (TPSA) is 49.7 Å². The van der Waals surface area contributed by atoms with Gasteiger partial charge in [-0.1, -0.05) is 78.6 Å². The maximum atomic E-state index is 8.49. The SMILES string of the molecule is CC.CCCCCCCCCCCCOP(O)O. The van der Waals surface area contributed by atoms with E-state index in [0.29, 0.717) is 6.61 Å². The lowest BCUT2D eigenvalue weighted by Crippen LogP contribution is -1.89. The van der Waals surface area contributed by atoms with Crippen molar-refractivity contribution in [3.63, 3.8) is 0 Å². The molecule has 0 aliphatic rings. The van der Waals surface area contributed by atoms with Gasteiger partial charge < -0.3 is 14.3 Å². The minimum atomic E-state index is -2.14. The standard InChI is InChI=1S/C12H27O3P.C2H6/c1-2-3-4-5-6-7-8-9-10-11-12-15-16(13)14;1-2/h13-14H,2-12H2,1H3;1-2H3. The summed E-state index contributed by atoms with van der Waals surface area (Å²) in [5, 5.41) is 0. The van der Waals surface area contributed by atoms with E-state index in [4.69, 9.17) is 9.79 Å². The van der Waals surface area contributed by atoms with E-state index in [1.54, 1.807) is 0 Å². The molecule has 0 spiro atoms. The highest BCUT2D eigenvalue weighted by molar-refractivity contribution is 7.39. The van der Waals surface area contributed by atoms with Crippen LogP contribution in [0.5, 0.6) is 0 Å². The van der Waals surface area contributed by atoms with Gasteiger partial charge in [0, 0.05) is 0 Å². The molecule has 0 bridgehead atoms. The van der Waals surface area contributed by atoms with Gasteiger partial charge >= 0.3 is 8.60 Å². The van der Waals surface area contributed by atoms with Crippen molar-refractivity contribution in [1.29, 1.82) is 0 Å². The summed E-state index contributed by atoms with van der Waals surface area (Å²) in [6.07, 6.45) is 12.8. The molecule has 0 fully saturated rings. The first-order chi connectivity index (χ1) is 8.77. The quantitative estimate of drug-likeness (QED) is 0.383. The molecular formula is C14H33O3P. The highest BCUT2D eigenvalue weighted by Crippen LogP contribution is 2.24. The average molecular weight is 280 g/mol. The summed E-state index contributed by atoms with van der Waals surface area (Å²) in [6, 6.07) is 0. The van der Waals surface area contributed by atoms with E-state index >= 15 is 0 Å². The predicted molar refractivity (Wildman–Crippen MR) is 80.5 cm³/mol. The predicted octanol–water partition coefficient (Wildman–Crippen LogP) is 5.16. The highest BCUT2D eigenvalue weighted by Gasteiger charge is 1.97. The van der Waals surface area contributed by atoms with E-state index < -0.39 is 8.60 Å². The number of unbranched alkanes of at least 4 members (excludes halogenated alkanes) is 9. The first-order valence-electron chi connectivity index (χ1n) is 7.58. The molecule has 3 nitrogen and oxygen atoms in total. The fourth-order valence-corrected chi connectivity index (χ4v) is 2.03. The zero-order valence-corrected chi connectivity index (χ0v) is 13.4. The summed E-state index contributed by atoms with van der Waals surface area (Å²) >= 11 is 0. The smallest absolute Gasteiger partial charge is 0.327 e. The van der Waals surface area contributed by atoms with Crippen LogP contribution in [0.2, 0.25) is 0 Å². The maximum Gasteiger partial charge on any atom is 0.327 e. The molecule has 0 aromatic carbocycles. The molecule has 0 aliphatic heterocycles. The van der Waals surface area contributed by atoms with Crippen LogP contribution in [0.3, 0.4) is 0 Å². The molecule has 0 atom stereocenters. The van der Waals surface area contributed by atoms with Gasteiger partial charge in [-0.3, -0.25) is 0 Å². The lowest BCUT2D eigenvalue weighted by atomic mass is 10.1. The van der Waals surface area contributed by atoms with Crippen LogP contribution in [0.25, 0.3) is 0 Å². The van der Waals surface area contributed by atoms with Crippen LogP contribution in [0.15, 0.2) is 0 Å². The van der Waals surface area contributed by atoms with Gasteiger partial charge in [-0.15, -0.1) is 0 Å². The lowest BCUT2D eigenvalue weighted by Gasteiger charge is -2.04. The molecule has 4 heteroatoms. The van der Waals surface area contributed by atoms with Crippen LogP contribution in [0.1, 0.15) is 85.0 Å². The zero-order valence-electron chi connectivity index (χ0n) is 12.5. The molecule has 18 heavy (non-hydrogen) atoms. The van der Waals surface area contributed by atoms with E-state index in [9.17, 15) is 0 Å². The third-order valence-electron chi connectivity index (χ3n) is 2.70. The van der Waals surface area contributed by atoms with E-state index in [-0.39, 0.29) is 0 Å². The van der Waals surface area contributed by atoms with Gasteiger partial charge in [0.1, 0.15) is 0 Å². The Bertz CT molecular complexity index is 132. The minimum absolute atomic E-state index is 0.481. The van der Waals surface area contributed by atoms with Crippen LogP contribution in [-0.2, 0) is 4.52 Å². The Morgan fingerprint density at radius 2 is 1.11 bits per heavy atom. The van der Waals surface area contributed by atoms with Gasteiger partial charge in [0.2, 0.25) is 0 Å². The summed E-state index contributed by atoms with van der Waals surface area (Å²) < 4.78 is 4.69. The van der Waals surface area contributed by atoms with Crippen molar-refractivity contribution < 1.29 is 14.3 Å². The Morgan fingerprint density at radius 1 is 0.722 bits per heavy atom. The van der Waals surface area contributed by atoms with Gasteiger partial charge in [0.05, 0.1) is 6.61 Å². The molecule has 0 amide bonds. The Balaban J connectivity index is 0. The monoisotopic (exact) mass is 280 g/mol. The Labute approximate surface area is 115 Å². The molecule has 0 unspecified atom stereocenters. The van der Waals surface area contributed by atoms with E-state index in [2.05, 4.69) is 11.4 Å². The number of rotatable bonds is 12. The first kappa shape index (κ1) is 20.6. The molecule has 0 heterocycles. The molecule has 112 valence electrons. The van der Waals surface area contributed by atoms with Gasteiger partial charge in [0.15, 0.2) is 0 Å². The molecule has 0 saturated carbocycles. The number of hydrogen-bond donors (Lipinski definition) is 2. The molecular weight excluding hydrogens is 247 g/mol. The maximum absolute atomic E-state index is 8.49. The van der Waals surface area contributed by atoms with Crippen molar-refractivity contribution in [3.8, 4) is 0 Å². The van der Waals surface area contributed by atoms with Crippen molar-refractivity contribution in [2.75, 3.05) is 6.61 Å². The average Bonchev–Trinajstić information content (AvgIpc) is 2.38. The van der Waals surface area contributed by atoms with Crippen LogP contribution >= 0.6 is 8.60 Å². The van der Waals surface area contributed by atoms with E-state index in [1.165, 1.54) is 51.4 Å². The number of hydrogen-bond acceptors (Lipinski definition) is 3. The van der Waals surface area contributed by atoms with Gasteiger partial charge in [-0.05, 0) is 6.42 Å². The molecule has 0 radical (unpaired) electrons. The lowest BCUT2D eigenvalue weighted by molar-refractivity contribution is 0.248. The third kappa shape index (κ3) is 21.6. The zero-order chi connectivity index (χ0) is 14.1. The summed E-state index contributed by atoms with van der Waals surface area (Å²) in [6.45, 7) is 6.72. The normalized spacial score (nSPS) is 10.3. The van der Waals surface area contributed by atoms with Crippen LogP contribution in [-0.4, -0.2) is 16.4 Å². The van der Waals surface area contributed by atoms with Crippen molar-refractivity contribution in [2.45, 2.75) is 85.0 Å². The van der Waals surface area contributed by atoms with Gasteiger partial charge in [-0.2, -0.15) is 0 Å². The molecule has 2 N–H and O–H groups in total. The Morgan fingerprint density at radius 3 is 1.50 bits per heavy atom. The molecule has 0 aromatic heterocycles. The molecule has 0 aromatic rings. The molecule has 0 saturated heterocycles. The minimum Gasteiger partial charge on any atom is -0.328 e. The van der Waals surface area contributed by atoms with E-state index in [0.717, 1.165) is 12.8 Å². The summed E-state index contributed by atoms with van der Waals surface area (Å²) in [5.41, 5.74) is 0. The fourth-order valence-electron chi connectivity index (χ4n) is 1.74. The highest BCUT2D eigenvalue weighted by atomic mass is 31.2. The Kier molecular flexibility index (Phi) is 22.5. The van der Waals surface area contributed by atoms with E-state index in [1.807, 2.05) is 13.8 Å². The summed E-state index contributed by atoms with van der Waals surface area (Å²) in [5.74, 6) is 0. The van der Waals surface area contributed by atoms with Crippen LogP contribution in [0.4, 0.5) is 0 Å². The third-order valence-corrected chi connectivity index (χ3v) is 3.12. The summed E-state index contributed by atoms with van der Waals surface area (Å²) in [7, 11) is -2.14. The second kappa shape index (κ2) is 19.6. The Hall–Kier alpha value is 0.310. The van der Waals surface area contributed by atoms with Gasteiger partial charge in [0.25, 0.3) is 0 Å².